The first kappa shape index (κ1) is 30.0. The lowest BCUT2D eigenvalue weighted by Gasteiger charge is -2.41. The lowest BCUT2D eigenvalue weighted by molar-refractivity contribution is -0.384. The van der Waals surface area contributed by atoms with Gasteiger partial charge in [0.25, 0.3) is 11.5 Å². The van der Waals surface area contributed by atoms with Crippen molar-refractivity contribution < 1.29 is 33.2 Å². The van der Waals surface area contributed by atoms with E-state index in [4.69, 9.17) is 9.47 Å². The van der Waals surface area contributed by atoms with Crippen molar-refractivity contribution in [2.24, 2.45) is 0 Å². The maximum atomic E-state index is 16.7. The Morgan fingerprint density at radius 2 is 1.54 bits per heavy atom. The average molecular weight is 524 g/mol. The maximum absolute atomic E-state index is 16.7. The van der Waals surface area contributed by atoms with Gasteiger partial charge in [-0.1, -0.05) is 47.6 Å². The number of nitrogens with one attached hydrogen (secondary N) is 1. The van der Waals surface area contributed by atoms with E-state index in [-0.39, 0.29) is 17.0 Å². The van der Waals surface area contributed by atoms with Crippen molar-refractivity contribution in [3.8, 4) is 0 Å². The first-order valence-electron chi connectivity index (χ1n) is 12.9. The van der Waals surface area contributed by atoms with Crippen molar-refractivity contribution >= 4 is 23.7 Å². The minimum absolute atomic E-state index is 0.000626. The number of fused-ring (bicyclic) bond motifs is 1. The Bertz CT molecular complexity index is 1010. The number of hydrazine groups is 1. The Balaban J connectivity index is 2.53. The fraction of sp³-hybridized carbons (Fsp3) is 0.654. The SMILES string of the molecule is CCC(CC)(CC)OC(=O)NN(C(=O)OC(CC)(CC)CC)[C@]1(F)CCc2ccc([N+](=O)[O-])cc2C1=O. The number of aryl methyl sites for hydroxylation is 1. The van der Waals surface area contributed by atoms with Crippen LogP contribution >= 0.6 is 0 Å². The van der Waals surface area contributed by atoms with Crippen LogP contribution in [0.5, 0.6) is 0 Å². The van der Waals surface area contributed by atoms with Crippen LogP contribution in [0.15, 0.2) is 18.2 Å². The topological polar surface area (TPSA) is 128 Å². The maximum Gasteiger partial charge on any atom is 0.432 e. The molecule has 0 spiro atoms. The zero-order valence-electron chi connectivity index (χ0n) is 22.5. The van der Waals surface area contributed by atoms with Crippen LogP contribution in [0.2, 0.25) is 0 Å². The number of nitrogens with zero attached hydrogens (tertiary/aromatic N) is 2. The molecule has 1 N–H and O–H groups in total. The van der Waals surface area contributed by atoms with E-state index in [0.717, 1.165) is 6.07 Å². The summed E-state index contributed by atoms with van der Waals surface area (Å²) >= 11 is 0. The van der Waals surface area contributed by atoms with Gasteiger partial charge in [-0.2, -0.15) is 5.01 Å². The summed E-state index contributed by atoms with van der Waals surface area (Å²) in [7, 11) is 0. The second-order valence-corrected chi connectivity index (χ2v) is 9.38. The highest BCUT2D eigenvalue weighted by Crippen LogP contribution is 2.37. The highest BCUT2D eigenvalue weighted by molar-refractivity contribution is 6.06. The van der Waals surface area contributed by atoms with Crippen LogP contribution in [0.25, 0.3) is 0 Å². The number of carbonyl (C=O) groups excluding carboxylic acids is 3. The number of hydrogen-bond acceptors (Lipinski definition) is 7. The third-order valence-corrected chi connectivity index (χ3v) is 7.84. The second kappa shape index (κ2) is 11.9. The van der Waals surface area contributed by atoms with Crippen molar-refractivity contribution in [1.29, 1.82) is 0 Å². The number of hydrogen-bond donors (Lipinski definition) is 1. The van der Waals surface area contributed by atoms with Gasteiger partial charge in [0.05, 0.1) is 4.92 Å². The van der Waals surface area contributed by atoms with Gasteiger partial charge in [-0.25, -0.2) is 19.4 Å². The number of rotatable bonds is 10. The summed E-state index contributed by atoms with van der Waals surface area (Å²) in [6.07, 6.45) is -0.0967. The molecule has 1 atom stereocenters. The molecule has 0 saturated heterocycles. The highest BCUT2D eigenvalue weighted by Gasteiger charge is 2.53. The first-order valence-corrected chi connectivity index (χ1v) is 12.9. The van der Waals surface area contributed by atoms with E-state index in [1.54, 1.807) is 0 Å². The standard InChI is InChI=1S/C26H38FN3O7/c1-7-24(8-2,9-3)36-22(32)28-29(23(33)37-25(10-4,11-5)12-6)26(27)16-15-18-13-14-19(30(34)35)17-20(18)21(26)31/h13-14,17H,7-12,15-16H2,1-6H3,(H,28,32)/t26-/m1/s1. The quantitative estimate of drug-likeness (QED) is 0.213. The van der Waals surface area contributed by atoms with Crippen LogP contribution in [0, 0.1) is 10.1 Å². The van der Waals surface area contributed by atoms with E-state index < -0.39 is 52.0 Å². The van der Waals surface area contributed by atoms with Gasteiger partial charge in [0, 0.05) is 24.1 Å². The van der Waals surface area contributed by atoms with Gasteiger partial charge in [-0.15, -0.1) is 0 Å². The zero-order valence-corrected chi connectivity index (χ0v) is 22.5. The van der Waals surface area contributed by atoms with Crippen molar-refractivity contribution in [2.75, 3.05) is 0 Å². The molecule has 10 nitrogen and oxygen atoms in total. The van der Waals surface area contributed by atoms with Gasteiger partial charge in [0.2, 0.25) is 5.78 Å². The van der Waals surface area contributed by atoms with E-state index in [1.807, 2.05) is 41.5 Å². The lowest BCUT2D eigenvalue weighted by Crippen LogP contribution is -2.64. The van der Waals surface area contributed by atoms with E-state index in [9.17, 15) is 24.5 Å². The molecule has 0 fully saturated rings. The molecule has 1 aromatic carbocycles. The van der Waals surface area contributed by atoms with Crippen LogP contribution < -0.4 is 5.43 Å². The number of ketones is 1. The molecule has 2 rings (SSSR count). The fourth-order valence-corrected chi connectivity index (χ4v) is 4.69. The molecule has 0 heterocycles. The van der Waals surface area contributed by atoms with Crippen LogP contribution in [0.1, 0.15) is 102 Å². The number of non-ortho nitro benzene ring substituents is 1. The Morgan fingerprint density at radius 1 is 1.03 bits per heavy atom. The Hall–Kier alpha value is -3.24. The minimum Gasteiger partial charge on any atom is -0.442 e. The molecule has 0 radical (unpaired) electrons. The average Bonchev–Trinajstić information content (AvgIpc) is 2.91. The van der Waals surface area contributed by atoms with Gasteiger partial charge in [0.15, 0.2) is 0 Å². The number of carbonyl (C=O) groups is 3. The molecule has 0 aromatic heterocycles. The Kier molecular flexibility index (Phi) is 9.62. The van der Waals surface area contributed by atoms with Crippen molar-refractivity contribution in [1.82, 2.24) is 10.4 Å². The van der Waals surface area contributed by atoms with Gasteiger partial charge in [0.1, 0.15) is 11.2 Å². The predicted molar refractivity (Wildman–Crippen MR) is 135 cm³/mol. The van der Waals surface area contributed by atoms with Crippen LogP contribution in [0.4, 0.5) is 19.7 Å². The zero-order chi connectivity index (χ0) is 28.0. The van der Waals surface area contributed by atoms with Crippen LogP contribution in [-0.2, 0) is 15.9 Å². The van der Waals surface area contributed by atoms with E-state index in [0.29, 0.717) is 44.1 Å². The molecule has 0 saturated carbocycles. The normalized spacial score (nSPS) is 17.5. The van der Waals surface area contributed by atoms with E-state index in [2.05, 4.69) is 5.43 Å². The molecule has 0 unspecified atom stereocenters. The Morgan fingerprint density at radius 3 is 2.03 bits per heavy atom. The summed E-state index contributed by atoms with van der Waals surface area (Å²) in [6.45, 7) is 11.0. The van der Waals surface area contributed by atoms with Crippen molar-refractivity contribution in [2.45, 2.75) is 110 Å². The fourth-order valence-electron chi connectivity index (χ4n) is 4.69. The number of nitro benzene ring substituents is 1. The summed E-state index contributed by atoms with van der Waals surface area (Å²) in [6, 6.07) is 3.61. The Labute approximate surface area is 217 Å². The third kappa shape index (κ3) is 6.02. The second-order valence-electron chi connectivity index (χ2n) is 9.38. The number of Topliss-reactive ketones (excluding diaryl/α,β-unsaturated/α-hetero) is 1. The van der Waals surface area contributed by atoms with Gasteiger partial charge in [-0.3, -0.25) is 14.9 Å². The summed E-state index contributed by atoms with van der Waals surface area (Å²) in [5, 5.41) is 11.5. The van der Waals surface area contributed by atoms with E-state index in [1.165, 1.54) is 12.1 Å². The predicted octanol–water partition coefficient (Wildman–Crippen LogP) is 6.41. The highest BCUT2D eigenvalue weighted by atomic mass is 19.1. The number of halogens is 1. The van der Waals surface area contributed by atoms with Gasteiger partial charge < -0.3 is 9.47 Å². The first-order chi connectivity index (χ1) is 17.4. The molecule has 11 heteroatoms. The van der Waals surface area contributed by atoms with Crippen molar-refractivity contribution in [3.63, 3.8) is 0 Å². The molecular formula is C26H38FN3O7. The molecule has 37 heavy (non-hydrogen) atoms. The smallest absolute Gasteiger partial charge is 0.432 e. The summed E-state index contributed by atoms with van der Waals surface area (Å²) < 4.78 is 27.9. The number of alkyl halides is 1. The van der Waals surface area contributed by atoms with Gasteiger partial charge in [-0.05, 0) is 50.5 Å². The van der Waals surface area contributed by atoms with Crippen LogP contribution in [-0.4, -0.2) is 44.9 Å². The molecular weight excluding hydrogens is 485 g/mol. The summed E-state index contributed by atoms with van der Waals surface area (Å²) in [5.74, 6) is -4.23. The molecule has 1 aliphatic rings. The minimum atomic E-state index is -3.05. The largest absolute Gasteiger partial charge is 0.442 e. The number of ether oxygens (including phenoxy) is 2. The number of amides is 2. The molecule has 0 aliphatic heterocycles. The molecule has 1 aliphatic carbocycles. The number of nitro groups is 1. The van der Waals surface area contributed by atoms with Crippen molar-refractivity contribution in [3.05, 3.63) is 39.4 Å². The summed E-state index contributed by atoms with van der Waals surface area (Å²) in [5.41, 5.74) is 0.158. The monoisotopic (exact) mass is 523 g/mol. The number of benzene rings is 1. The van der Waals surface area contributed by atoms with Gasteiger partial charge >= 0.3 is 12.2 Å². The van der Waals surface area contributed by atoms with Crippen LogP contribution in [0.3, 0.4) is 0 Å². The molecule has 206 valence electrons. The third-order valence-electron chi connectivity index (χ3n) is 7.84. The van der Waals surface area contributed by atoms with E-state index >= 15 is 4.39 Å². The molecule has 0 bridgehead atoms. The summed E-state index contributed by atoms with van der Waals surface area (Å²) in [4.78, 5) is 50.4. The molecule has 2 amide bonds. The lowest BCUT2D eigenvalue weighted by atomic mass is 9.84. The molecule has 1 aromatic rings.